The van der Waals surface area contributed by atoms with Crippen molar-refractivity contribution in [3.63, 3.8) is 0 Å². The molecule has 0 saturated carbocycles. The maximum Gasteiger partial charge on any atom is 0.228 e. The van der Waals surface area contributed by atoms with Gasteiger partial charge in [0.2, 0.25) is 11.2 Å². The highest BCUT2D eigenvalue weighted by Gasteiger charge is 2.03. The van der Waals surface area contributed by atoms with E-state index in [-0.39, 0.29) is 5.39 Å². The monoisotopic (exact) mass is 164 g/mol. The second-order valence-corrected chi connectivity index (χ2v) is 2.41. The molecule has 1 aromatic heterocycles. The van der Waals surface area contributed by atoms with Gasteiger partial charge in [0, 0.05) is 0 Å². The molecule has 1 heterocycles. The first-order valence-corrected chi connectivity index (χ1v) is 3.45. The second-order valence-electron chi connectivity index (χ2n) is 2.41. The Kier molecular flexibility index (Phi) is 1.43. The Hall–Kier alpha value is -1.64. The van der Waals surface area contributed by atoms with Crippen LogP contribution in [0.25, 0.3) is 11.0 Å². The Balaban J connectivity index is 3.01. The molecule has 2 nitrogen and oxygen atoms in total. The third-order valence-electron chi connectivity index (χ3n) is 1.64. The lowest BCUT2D eigenvalue weighted by Gasteiger charge is -1.93. The molecule has 0 atom stereocenters. The Morgan fingerprint density at radius 3 is 2.83 bits per heavy atom. The fourth-order valence-corrected chi connectivity index (χ4v) is 1.05. The molecule has 1 aromatic carbocycles. The molecular formula is C9H5FO2. The molecule has 0 fully saturated rings. The molecule has 0 aliphatic rings. The summed E-state index contributed by atoms with van der Waals surface area (Å²) in [6, 6.07) is 6.54. The topological polar surface area (TPSA) is 30.2 Å². The third kappa shape index (κ3) is 0.906. The lowest BCUT2D eigenvalue weighted by atomic mass is 10.2. The van der Waals surface area contributed by atoms with E-state index in [0.29, 0.717) is 5.58 Å². The van der Waals surface area contributed by atoms with E-state index < -0.39 is 11.2 Å². The van der Waals surface area contributed by atoms with E-state index in [2.05, 4.69) is 0 Å². The number of fused-ring (bicyclic) bond motifs is 1. The van der Waals surface area contributed by atoms with Gasteiger partial charge in [0.25, 0.3) is 0 Å². The molecule has 0 N–H and O–H groups in total. The van der Waals surface area contributed by atoms with Crippen molar-refractivity contribution in [2.24, 2.45) is 0 Å². The maximum atomic E-state index is 12.6. The van der Waals surface area contributed by atoms with E-state index in [1.807, 2.05) is 0 Å². The van der Waals surface area contributed by atoms with E-state index in [1.54, 1.807) is 18.2 Å². The van der Waals surface area contributed by atoms with Gasteiger partial charge in [-0.05, 0) is 12.1 Å². The number of benzene rings is 1. The minimum atomic E-state index is -0.853. The molecule has 0 saturated heterocycles. The van der Waals surface area contributed by atoms with Crippen molar-refractivity contribution in [3.05, 3.63) is 46.6 Å². The van der Waals surface area contributed by atoms with Gasteiger partial charge in [0.1, 0.15) is 11.8 Å². The lowest BCUT2D eigenvalue weighted by Crippen LogP contribution is -2.04. The maximum absolute atomic E-state index is 12.6. The summed E-state index contributed by atoms with van der Waals surface area (Å²) in [4.78, 5) is 11.1. The van der Waals surface area contributed by atoms with Crippen LogP contribution in [0, 0.1) is 5.82 Å². The smallest absolute Gasteiger partial charge is 0.228 e. The predicted molar refractivity (Wildman–Crippen MR) is 42.4 cm³/mol. The average molecular weight is 164 g/mol. The fraction of sp³-hybridized carbons (Fsp3) is 0. The van der Waals surface area contributed by atoms with Crippen LogP contribution in [0.5, 0.6) is 0 Å². The van der Waals surface area contributed by atoms with Gasteiger partial charge in [0.05, 0.1) is 5.39 Å². The quantitative estimate of drug-likeness (QED) is 0.595. The van der Waals surface area contributed by atoms with Crippen LogP contribution in [0.1, 0.15) is 0 Å². The van der Waals surface area contributed by atoms with Gasteiger partial charge in [-0.1, -0.05) is 12.1 Å². The van der Waals surface area contributed by atoms with Gasteiger partial charge in [-0.3, -0.25) is 4.79 Å². The predicted octanol–water partition coefficient (Wildman–Crippen LogP) is 1.93. The van der Waals surface area contributed by atoms with Gasteiger partial charge in [-0.15, -0.1) is 0 Å². The van der Waals surface area contributed by atoms with Gasteiger partial charge in [-0.25, -0.2) is 0 Å². The van der Waals surface area contributed by atoms with Gasteiger partial charge in [-0.2, -0.15) is 4.39 Å². The summed E-state index contributed by atoms with van der Waals surface area (Å²) in [6.45, 7) is 0. The van der Waals surface area contributed by atoms with Crippen LogP contribution in [-0.2, 0) is 0 Å². The number of hydrogen-bond donors (Lipinski definition) is 0. The molecule has 0 spiro atoms. The summed E-state index contributed by atoms with van der Waals surface area (Å²) in [5, 5.41) is 0.275. The first kappa shape index (κ1) is 7.03. The van der Waals surface area contributed by atoms with E-state index >= 15 is 0 Å². The standard InChI is InChI=1S/C9H5FO2/c10-7-5-12-8-4-2-1-3-6(8)9(7)11/h1-5H. The van der Waals surface area contributed by atoms with E-state index in [4.69, 9.17) is 4.42 Å². The minimum absolute atomic E-state index is 0.275. The Labute approximate surface area is 67.2 Å². The Bertz CT molecular complexity index is 473. The van der Waals surface area contributed by atoms with Crippen LogP contribution in [0.2, 0.25) is 0 Å². The highest BCUT2D eigenvalue weighted by molar-refractivity contribution is 5.75. The first-order chi connectivity index (χ1) is 5.79. The van der Waals surface area contributed by atoms with E-state index in [9.17, 15) is 9.18 Å². The zero-order valence-corrected chi connectivity index (χ0v) is 6.08. The van der Waals surface area contributed by atoms with Gasteiger partial charge >= 0.3 is 0 Å². The summed E-state index contributed by atoms with van der Waals surface area (Å²) in [5.74, 6) is -0.853. The molecule has 2 rings (SSSR count). The normalized spacial score (nSPS) is 10.4. The third-order valence-corrected chi connectivity index (χ3v) is 1.64. The summed E-state index contributed by atoms with van der Waals surface area (Å²) >= 11 is 0. The molecule has 12 heavy (non-hydrogen) atoms. The molecule has 0 bridgehead atoms. The van der Waals surface area contributed by atoms with Crippen molar-refractivity contribution in [1.82, 2.24) is 0 Å². The number of rotatable bonds is 0. The summed E-state index contributed by atoms with van der Waals surface area (Å²) in [6.07, 6.45) is 0.824. The number of halogens is 1. The summed E-state index contributed by atoms with van der Waals surface area (Å²) in [5.41, 5.74) is -0.208. The average Bonchev–Trinajstić information content (AvgIpc) is 2.12. The lowest BCUT2D eigenvalue weighted by molar-refractivity contribution is 0.520. The number of para-hydroxylation sites is 1. The molecular weight excluding hydrogens is 159 g/mol. The van der Waals surface area contributed by atoms with Crippen molar-refractivity contribution >= 4 is 11.0 Å². The largest absolute Gasteiger partial charge is 0.461 e. The molecule has 0 aliphatic carbocycles. The summed E-state index contributed by atoms with van der Waals surface area (Å²) < 4.78 is 17.5. The molecule has 0 radical (unpaired) electrons. The van der Waals surface area contributed by atoms with Gasteiger partial charge in [0.15, 0.2) is 0 Å². The zero-order valence-electron chi connectivity index (χ0n) is 6.08. The Morgan fingerprint density at radius 2 is 2.00 bits per heavy atom. The van der Waals surface area contributed by atoms with Crippen molar-refractivity contribution in [2.75, 3.05) is 0 Å². The van der Waals surface area contributed by atoms with Crippen molar-refractivity contribution < 1.29 is 8.81 Å². The highest BCUT2D eigenvalue weighted by Crippen LogP contribution is 2.08. The van der Waals surface area contributed by atoms with Crippen LogP contribution in [0.15, 0.2) is 39.7 Å². The van der Waals surface area contributed by atoms with Crippen LogP contribution in [0.4, 0.5) is 4.39 Å². The van der Waals surface area contributed by atoms with Crippen molar-refractivity contribution in [3.8, 4) is 0 Å². The highest BCUT2D eigenvalue weighted by atomic mass is 19.1. The second kappa shape index (κ2) is 2.44. The fourth-order valence-electron chi connectivity index (χ4n) is 1.05. The van der Waals surface area contributed by atoms with Crippen molar-refractivity contribution in [2.45, 2.75) is 0 Å². The first-order valence-electron chi connectivity index (χ1n) is 3.45. The van der Waals surface area contributed by atoms with Crippen LogP contribution < -0.4 is 5.43 Å². The van der Waals surface area contributed by atoms with E-state index in [1.165, 1.54) is 6.07 Å². The molecule has 60 valence electrons. The molecule has 0 unspecified atom stereocenters. The van der Waals surface area contributed by atoms with Crippen LogP contribution in [0.3, 0.4) is 0 Å². The molecule has 3 heteroatoms. The number of hydrogen-bond acceptors (Lipinski definition) is 2. The van der Waals surface area contributed by atoms with Crippen LogP contribution in [-0.4, -0.2) is 0 Å². The minimum Gasteiger partial charge on any atom is -0.461 e. The summed E-state index contributed by atoms with van der Waals surface area (Å²) in [7, 11) is 0. The van der Waals surface area contributed by atoms with Gasteiger partial charge < -0.3 is 4.42 Å². The molecule has 0 aliphatic heterocycles. The zero-order chi connectivity index (χ0) is 8.55. The van der Waals surface area contributed by atoms with E-state index in [0.717, 1.165) is 6.26 Å². The SMILES string of the molecule is O=c1c(F)coc2ccccc12. The molecule has 2 aromatic rings. The van der Waals surface area contributed by atoms with Crippen molar-refractivity contribution in [1.29, 1.82) is 0 Å². The Morgan fingerprint density at radius 1 is 1.25 bits per heavy atom. The van der Waals surface area contributed by atoms with Crippen LogP contribution >= 0.6 is 0 Å². The molecule has 0 amide bonds.